The zero-order valence-corrected chi connectivity index (χ0v) is 13.3. The fourth-order valence-electron chi connectivity index (χ4n) is 4.70. The molecule has 4 bridgehead atoms. The van der Waals surface area contributed by atoms with Gasteiger partial charge in [0.25, 0.3) is 0 Å². The lowest BCUT2D eigenvalue weighted by atomic mass is 9.90. The predicted octanol–water partition coefficient (Wildman–Crippen LogP) is 5.45. The molecule has 0 saturated heterocycles. The molecule has 3 aromatic rings. The van der Waals surface area contributed by atoms with Gasteiger partial charge in [0.2, 0.25) is 0 Å². The van der Waals surface area contributed by atoms with Crippen LogP contribution >= 0.6 is 0 Å². The van der Waals surface area contributed by atoms with E-state index in [1.807, 2.05) is 6.20 Å². The molecule has 0 aliphatic heterocycles. The summed E-state index contributed by atoms with van der Waals surface area (Å²) in [4.78, 5) is 4.70. The van der Waals surface area contributed by atoms with Gasteiger partial charge in [0.15, 0.2) is 0 Å². The van der Waals surface area contributed by atoms with Gasteiger partial charge in [-0.25, -0.2) is 0 Å². The Labute approximate surface area is 141 Å². The first-order valence-corrected chi connectivity index (χ1v) is 8.75. The number of rotatable bonds is 1. The quantitative estimate of drug-likeness (QED) is 0.544. The monoisotopic (exact) mass is 307 g/mol. The minimum absolute atomic E-state index is 0.426. The first-order chi connectivity index (χ1) is 11.9. The van der Waals surface area contributed by atoms with Crippen molar-refractivity contribution in [3.05, 3.63) is 90.2 Å². The molecule has 1 aromatic heterocycles. The Bertz CT molecular complexity index is 1020. The second kappa shape index (κ2) is 4.45. The molecule has 1 fully saturated rings. The van der Waals surface area contributed by atoms with Gasteiger partial charge < -0.3 is 0 Å². The van der Waals surface area contributed by atoms with Gasteiger partial charge >= 0.3 is 0 Å². The van der Waals surface area contributed by atoms with Crippen molar-refractivity contribution < 1.29 is 0 Å². The van der Waals surface area contributed by atoms with Crippen LogP contribution in [0.3, 0.4) is 0 Å². The fourth-order valence-corrected chi connectivity index (χ4v) is 4.70. The molecule has 114 valence electrons. The first-order valence-electron chi connectivity index (χ1n) is 8.75. The summed E-state index contributed by atoms with van der Waals surface area (Å²) in [5, 5.41) is 2.48. The molecule has 24 heavy (non-hydrogen) atoms. The molecule has 0 N–H and O–H groups in total. The van der Waals surface area contributed by atoms with Crippen LogP contribution in [0.1, 0.15) is 23.0 Å². The number of hydrogen-bond acceptors (Lipinski definition) is 1. The zero-order valence-electron chi connectivity index (χ0n) is 13.3. The highest BCUT2D eigenvalue weighted by atomic mass is 14.7. The topological polar surface area (TPSA) is 12.9 Å². The van der Waals surface area contributed by atoms with Gasteiger partial charge in [-0.15, -0.1) is 0 Å². The van der Waals surface area contributed by atoms with Crippen LogP contribution in [0.15, 0.2) is 79.0 Å². The smallest absolute Gasteiger partial charge is 0.0780 e. The molecule has 7 rings (SSSR count). The molecule has 4 aliphatic rings. The third-order valence-electron chi connectivity index (χ3n) is 5.97. The highest BCUT2D eigenvalue weighted by Gasteiger charge is 2.51. The molecule has 0 radical (unpaired) electrons. The number of benzene rings is 2. The molecule has 4 aliphatic carbocycles. The van der Waals surface area contributed by atoms with Crippen LogP contribution in [-0.2, 0) is 0 Å². The van der Waals surface area contributed by atoms with E-state index in [1.165, 1.54) is 21.9 Å². The molecule has 1 saturated carbocycles. The molecular formula is C23H17N. The van der Waals surface area contributed by atoms with Crippen LogP contribution in [0.4, 0.5) is 0 Å². The van der Waals surface area contributed by atoms with Crippen molar-refractivity contribution in [1.82, 2.24) is 4.98 Å². The highest BCUT2D eigenvalue weighted by Crippen LogP contribution is 2.61. The number of allylic oxidation sites excluding steroid dienone is 4. The molecular weight excluding hydrogens is 290 g/mol. The summed E-state index contributed by atoms with van der Waals surface area (Å²) in [5.41, 5.74) is 5.35. The summed E-state index contributed by atoms with van der Waals surface area (Å²) >= 11 is 0. The molecule has 1 nitrogen and oxygen atoms in total. The largest absolute Gasteiger partial charge is 0.256 e. The summed E-state index contributed by atoms with van der Waals surface area (Å²) in [6.45, 7) is 0. The molecule has 1 heteroatoms. The Morgan fingerprint density at radius 2 is 1.58 bits per heavy atom. The third kappa shape index (κ3) is 1.62. The summed E-state index contributed by atoms with van der Waals surface area (Å²) in [6.07, 6.45) is 11.6. The van der Waals surface area contributed by atoms with E-state index in [0.717, 1.165) is 17.5 Å². The van der Waals surface area contributed by atoms with Gasteiger partial charge in [-0.2, -0.15) is 0 Å². The molecule has 0 amide bonds. The Hall–Kier alpha value is -2.67. The fraction of sp³-hybridized carbons (Fsp3) is 0.174. The number of nitrogens with zero attached hydrogens (tertiary/aromatic N) is 1. The number of aromatic nitrogens is 1. The minimum Gasteiger partial charge on any atom is -0.256 e. The van der Waals surface area contributed by atoms with E-state index in [4.69, 9.17) is 4.98 Å². The van der Waals surface area contributed by atoms with Crippen LogP contribution in [0.2, 0.25) is 0 Å². The van der Waals surface area contributed by atoms with Crippen molar-refractivity contribution in [2.75, 3.05) is 0 Å². The lowest BCUT2D eigenvalue weighted by Crippen LogP contribution is -1.97. The van der Waals surface area contributed by atoms with Crippen LogP contribution < -0.4 is 0 Å². The van der Waals surface area contributed by atoms with E-state index in [-0.39, 0.29) is 0 Å². The van der Waals surface area contributed by atoms with E-state index in [1.54, 1.807) is 5.56 Å². The lowest BCUT2D eigenvalue weighted by molar-refractivity contribution is 1.00. The molecule has 2 unspecified atom stereocenters. The van der Waals surface area contributed by atoms with Crippen molar-refractivity contribution in [2.24, 2.45) is 11.8 Å². The Morgan fingerprint density at radius 3 is 2.46 bits per heavy atom. The van der Waals surface area contributed by atoms with Crippen molar-refractivity contribution in [3.8, 4) is 11.3 Å². The van der Waals surface area contributed by atoms with E-state index in [0.29, 0.717) is 11.8 Å². The van der Waals surface area contributed by atoms with Gasteiger partial charge in [-0.1, -0.05) is 60.7 Å². The van der Waals surface area contributed by atoms with Gasteiger partial charge in [-0.05, 0) is 46.4 Å². The summed E-state index contributed by atoms with van der Waals surface area (Å²) in [7, 11) is 0. The summed E-state index contributed by atoms with van der Waals surface area (Å²) in [6, 6.07) is 17.6. The van der Waals surface area contributed by atoms with Crippen LogP contribution in [0.25, 0.3) is 22.0 Å². The predicted molar refractivity (Wildman–Crippen MR) is 97.9 cm³/mol. The van der Waals surface area contributed by atoms with Gasteiger partial charge in [0.05, 0.1) is 5.69 Å². The van der Waals surface area contributed by atoms with E-state index >= 15 is 0 Å². The Balaban J connectivity index is 1.58. The normalized spacial score (nSPS) is 28.5. The van der Waals surface area contributed by atoms with Crippen molar-refractivity contribution in [3.63, 3.8) is 0 Å². The third-order valence-corrected chi connectivity index (χ3v) is 5.97. The summed E-state index contributed by atoms with van der Waals surface area (Å²) < 4.78 is 0. The lowest BCUT2D eigenvalue weighted by Gasteiger charge is -2.14. The van der Waals surface area contributed by atoms with Gasteiger partial charge in [-0.3, -0.25) is 4.98 Å². The van der Waals surface area contributed by atoms with Gasteiger partial charge in [0.1, 0.15) is 0 Å². The zero-order chi connectivity index (χ0) is 15.7. The molecule has 2 aromatic carbocycles. The Morgan fingerprint density at radius 1 is 0.750 bits per heavy atom. The van der Waals surface area contributed by atoms with Crippen molar-refractivity contribution >= 4 is 10.8 Å². The number of fused-ring (bicyclic) bond motifs is 1. The maximum absolute atomic E-state index is 4.70. The minimum atomic E-state index is 0.426. The first kappa shape index (κ1) is 12.7. The molecule has 1 heterocycles. The maximum atomic E-state index is 4.70. The SMILES string of the molecule is C1=CC2C3C=CC1c1cc(-c4nccc5ccccc45)ccc1C23. The van der Waals surface area contributed by atoms with Crippen molar-refractivity contribution in [1.29, 1.82) is 0 Å². The maximum Gasteiger partial charge on any atom is 0.0780 e. The van der Waals surface area contributed by atoms with E-state index < -0.39 is 0 Å². The van der Waals surface area contributed by atoms with Crippen molar-refractivity contribution in [2.45, 2.75) is 11.8 Å². The highest BCUT2D eigenvalue weighted by molar-refractivity contribution is 5.94. The second-order valence-electron chi connectivity index (χ2n) is 7.20. The Kier molecular flexibility index (Phi) is 2.36. The van der Waals surface area contributed by atoms with Gasteiger partial charge in [0, 0.05) is 23.1 Å². The molecule has 2 atom stereocenters. The summed E-state index contributed by atoms with van der Waals surface area (Å²) in [5.74, 6) is 2.59. The van der Waals surface area contributed by atoms with Crippen LogP contribution in [0, 0.1) is 11.8 Å². The number of hydrogen-bond donors (Lipinski definition) is 0. The van der Waals surface area contributed by atoms with E-state index in [2.05, 4.69) is 72.8 Å². The standard InChI is InChI=1S/C23H17N/c1-2-4-17-14(3-1)11-12-24-23(17)16-7-10-20-21(13-16)15-5-8-18-19(9-6-15)22(18)20/h1-13,15,18-19,22H. The van der Waals surface area contributed by atoms with E-state index in [9.17, 15) is 0 Å². The van der Waals surface area contributed by atoms with Crippen LogP contribution in [0.5, 0.6) is 0 Å². The molecule has 0 spiro atoms. The average molecular weight is 307 g/mol. The van der Waals surface area contributed by atoms with Crippen LogP contribution in [-0.4, -0.2) is 4.98 Å². The number of pyridine rings is 1. The average Bonchev–Trinajstić information content (AvgIpc) is 3.39. The second-order valence-corrected chi connectivity index (χ2v) is 7.20.